The fourth-order valence-corrected chi connectivity index (χ4v) is 4.85. The van der Waals surface area contributed by atoms with Crippen molar-refractivity contribution in [3.63, 3.8) is 0 Å². The number of hydrogen-bond donors (Lipinski definition) is 3. The van der Waals surface area contributed by atoms with E-state index < -0.39 is 17.6 Å². The van der Waals surface area contributed by atoms with Crippen molar-refractivity contribution >= 4 is 11.7 Å². The number of amides is 1. The van der Waals surface area contributed by atoms with Gasteiger partial charge in [0.25, 0.3) is 0 Å². The molecule has 0 spiro atoms. The van der Waals surface area contributed by atoms with Crippen LogP contribution >= 0.6 is 0 Å². The summed E-state index contributed by atoms with van der Waals surface area (Å²) in [4.78, 5) is 19.0. The lowest BCUT2D eigenvalue weighted by Gasteiger charge is -2.46. The zero-order chi connectivity index (χ0) is 24.3. The Balaban J connectivity index is 1.14. The molecule has 0 radical (unpaired) electrons. The summed E-state index contributed by atoms with van der Waals surface area (Å²) >= 11 is 0. The maximum absolute atomic E-state index is 13.5. The fraction of sp³-hybridized carbons (Fsp3) is 0.500. The Morgan fingerprint density at radius 1 is 1.12 bits per heavy atom. The van der Waals surface area contributed by atoms with Gasteiger partial charge < -0.3 is 16.4 Å². The molecule has 0 bridgehead atoms. The van der Waals surface area contributed by atoms with Crippen LogP contribution in [0.25, 0.3) is 0 Å². The van der Waals surface area contributed by atoms with Gasteiger partial charge in [-0.15, -0.1) is 0 Å². The number of alkyl halides is 3. The predicted molar refractivity (Wildman–Crippen MR) is 120 cm³/mol. The van der Waals surface area contributed by atoms with Gasteiger partial charge in [0.15, 0.2) is 0 Å². The van der Waals surface area contributed by atoms with Gasteiger partial charge in [0, 0.05) is 37.3 Å². The zero-order valence-electron chi connectivity index (χ0n) is 18.7. The summed E-state index contributed by atoms with van der Waals surface area (Å²) < 4.78 is 51.9. The molecule has 2 aromatic rings. The normalized spacial score (nSPS) is 21.8. The van der Waals surface area contributed by atoms with Crippen LogP contribution in [-0.2, 0) is 17.5 Å². The quantitative estimate of drug-likeness (QED) is 0.530. The lowest BCUT2D eigenvalue weighted by atomic mass is 9.82. The molecule has 2 heterocycles. The van der Waals surface area contributed by atoms with E-state index in [9.17, 15) is 22.4 Å². The molecule has 2 aliphatic rings. The number of aromatic nitrogens is 1. The van der Waals surface area contributed by atoms with Crippen LogP contribution in [0.5, 0.6) is 0 Å². The van der Waals surface area contributed by atoms with Gasteiger partial charge in [0.2, 0.25) is 5.91 Å². The maximum Gasteiger partial charge on any atom is 0.416 e. The van der Waals surface area contributed by atoms with E-state index in [0.29, 0.717) is 23.8 Å². The topological polar surface area (TPSA) is 83.3 Å². The Labute approximate surface area is 195 Å². The molecule has 6 nitrogen and oxygen atoms in total. The van der Waals surface area contributed by atoms with Gasteiger partial charge in [0.05, 0.1) is 18.2 Å². The second kappa shape index (κ2) is 10.3. The van der Waals surface area contributed by atoms with E-state index in [-0.39, 0.29) is 30.6 Å². The van der Waals surface area contributed by atoms with E-state index in [1.54, 1.807) is 6.07 Å². The molecule has 10 heteroatoms. The monoisotopic (exact) mass is 479 g/mol. The van der Waals surface area contributed by atoms with Crippen LogP contribution in [0, 0.1) is 5.82 Å². The first-order chi connectivity index (χ1) is 16.2. The van der Waals surface area contributed by atoms with Gasteiger partial charge in [-0.25, -0.2) is 9.37 Å². The molecule has 4 N–H and O–H groups in total. The van der Waals surface area contributed by atoms with E-state index in [1.807, 2.05) is 12.1 Å². The molecular weight excluding hydrogens is 450 g/mol. The number of anilines is 1. The lowest BCUT2D eigenvalue weighted by molar-refractivity contribution is -0.137. The first-order valence-electron chi connectivity index (χ1n) is 11.5. The Hall–Kier alpha value is -2.72. The average molecular weight is 480 g/mol. The Bertz CT molecular complexity index is 1000. The highest BCUT2D eigenvalue weighted by molar-refractivity contribution is 5.78. The van der Waals surface area contributed by atoms with Crippen molar-refractivity contribution in [2.24, 2.45) is 0 Å². The minimum atomic E-state index is -4.62. The van der Waals surface area contributed by atoms with Crippen molar-refractivity contribution in [3.05, 3.63) is 59.0 Å². The summed E-state index contributed by atoms with van der Waals surface area (Å²) in [5.74, 6) is -0.192. The minimum Gasteiger partial charge on any atom is -0.384 e. The molecule has 1 aliphatic heterocycles. The van der Waals surface area contributed by atoms with Gasteiger partial charge in [-0.3, -0.25) is 9.69 Å². The second-order valence-electron chi connectivity index (χ2n) is 9.16. The second-order valence-corrected chi connectivity index (χ2v) is 9.16. The molecule has 4 rings (SSSR count). The maximum atomic E-state index is 13.5. The molecule has 34 heavy (non-hydrogen) atoms. The van der Waals surface area contributed by atoms with Crippen molar-refractivity contribution in [1.82, 2.24) is 20.5 Å². The van der Waals surface area contributed by atoms with Crippen LogP contribution in [0.1, 0.15) is 48.4 Å². The molecule has 1 saturated carbocycles. The molecule has 0 atom stereocenters. The fourth-order valence-electron chi connectivity index (χ4n) is 4.85. The van der Waals surface area contributed by atoms with E-state index in [0.717, 1.165) is 56.6 Å². The third-order valence-electron chi connectivity index (χ3n) is 6.60. The van der Waals surface area contributed by atoms with E-state index in [2.05, 4.69) is 20.5 Å². The predicted octanol–water partition coefficient (Wildman–Crippen LogP) is 3.44. The van der Waals surface area contributed by atoms with Crippen LogP contribution in [0.2, 0.25) is 0 Å². The number of nitrogens with two attached hydrogens (primary N) is 1. The standard InChI is InChI=1S/C24H29F4N5O/c25-18-9-15(8-17(10-18)24(26,27)28)11-30-12-23(34)31-19-13-33(14-19)20-6-4-16(5-7-20)21-2-1-3-22(29)32-21/h1-3,8-10,16,19-20,30H,4-7,11-14H2,(H2,29,32)(H,31,34). The number of nitrogens with zero attached hydrogens (tertiary/aromatic N) is 2. The molecule has 2 fully saturated rings. The molecule has 1 amide bonds. The van der Waals surface area contributed by atoms with Crippen molar-refractivity contribution in [2.75, 3.05) is 25.4 Å². The summed E-state index contributed by atoms with van der Waals surface area (Å²) in [7, 11) is 0. The number of hydrogen-bond acceptors (Lipinski definition) is 5. The van der Waals surface area contributed by atoms with Crippen LogP contribution in [0.3, 0.4) is 0 Å². The van der Waals surface area contributed by atoms with Gasteiger partial charge in [-0.2, -0.15) is 13.2 Å². The third-order valence-corrected chi connectivity index (χ3v) is 6.60. The zero-order valence-corrected chi connectivity index (χ0v) is 18.7. The molecule has 1 aromatic carbocycles. The van der Waals surface area contributed by atoms with Crippen molar-refractivity contribution < 1.29 is 22.4 Å². The molecule has 0 unspecified atom stereocenters. The van der Waals surface area contributed by atoms with E-state index in [1.165, 1.54) is 0 Å². The Morgan fingerprint density at radius 3 is 2.53 bits per heavy atom. The van der Waals surface area contributed by atoms with Crippen LogP contribution in [-0.4, -0.2) is 47.5 Å². The van der Waals surface area contributed by atoms with Crippen molar-refractivity contribution in [2.45, 2.75) is 56.4 Å². The summed E-state index contributed by atoms with van der Waals surface area (Å²) in [6.07, 6.45) is -0.326. The highest BCUT2D eigenvalue weighted by atomic mass is 19.4. The number of carbonyl (C=O) groups excluding carboxylic acids is 1. The minimum absolute atomic E-state index is 0.0315. The number of nitrogens with one attached hydrogen (secondary N) is 2. The lowest BCUT2D eigenvalue weighted by Crippen LogP contribution is -2.63. The summed E-state index contributed by atoms with van der Waals surface area (Å²) in [5.41, 5.74) is 5.96. The average Bonchev–Trinajstić information content (AvgIpc) is 2.75. The van der Waals surface area contributed by atoms with Gasteiger partial charge in [-0.05, 0) is 61.6 Å². The number of likely N-dealkylation sites (tertiary alicyclic amines) is 1. The Morgan fingerprint density at radius 2 is 1.85 bits per heavy atom. The number of pyridine rings is 1. The van der Waals surface area contributed by atoms with Crippen LogP contribution < -0.4 is 16.4 Å². The molecule has 1 saturated heterocycles. The van der Waals surface area contributed by atoms with Crippen molar-refractivity contribution in [1.29, 1.82) is 0 Å². The molecule has 1 aliphatic carbocycles. The number of rotatable bonds is 7. The summed E-state index contributed by atoms with van der Waals surface area (Å²) in [5, 5.41) is 5.72. The van der Waals surface area contributed by atoms with Gasteiger partial charge in [0.1, 0.15) is 11.6 Å². The summed E-state index contributed by atoms with van der Waals surface area (Å²) in [6.45, 7) is 1.50. The number of nitrogen functional groups attached to an aromatic ring is 1. The number of benzene rings is 1. The van der Waals surface area contributed by atoms with Crippen LogP contribution in [0.4, 0.5) is 23.4 Å². The first-order valence-corrected chi connectivity index (χ1v) is 11.5. The number of carbonyl (C=O) groups is 1. The molecule has 184 valence electrons. The van der Waals surface area contributed by atoms with Gasteiger partial charge >= 0.3 is 6.18 Å². The third kappa shape index (κ3) is 6.24. The number of halogens is 4. The van der Waals surface area contributed by atoms with Crippen molar-refractivity contribution in [3.8, 4) is 0 Å². The summed E-state index contributed by atoms with van der Waals surface area (Å²) in [6, 6.07) is 8.71. The van der Waals surface area contributed by atoms with Gasteiger partial charge in [-0.1, -0.05) is 6.07 Å². The largest absolute Gasteiger partial charge is 0.416 e. The highest BCUT2D eigenvalue weighted by Crippen LogP contribution is 2.35. The SMILES string of the molecule is Nc1cccc(C2CCC(N3CC(NC(=O)CNCc4cc(F)cc(C(F)(F)F)c4)C3)CC2)n1. The smallest absolute Gasteiger partial charge is 0.384 e. The highest BCUT2D eigenvalue weighted by Gasteiger charge is 2.35. The first kappa shape index (κ1) is 24.4. The van der Waals surface area contributed by atoms with E-state index >= 15 is 0 Å². The van der Waals surface area contributed by atoms with Crippen LogP contribution in [0.15, 0.2) is 36.4 Å². The Kier molecular flexibility index (Phi) is 7.37. The molecular formula is C24H29F4N5O. The molecule has 1 aromatic heterocycles. The van der Waals surface area contributed by atoms with E-state index in [4.69, 9.17) is 5.73 Å².